The lowest BCUT2D eigenvalue weighted by atomic mass is 10.0. The number of hydrogen-bond acceptors (Lipinski definition) is 4. The van der Waals surface area contributed by atoms with E-state index in [0.717, 1.165) is 31.4 Å². The molecule has 1 N–H and O–H groups in total. The summed E-state index contributed by atoms with van der Waals surface area (Å²) >= 11 is 0. The Kier molecular flexibility index (Phi) is 8.09. The Hall–Kier alpha value is -2.38. The van der Waals surface area contributed by atoms with Crippen molar-refractivity contribution in [3.05, 3.63) is 59.7 Å². The Morgan fingerprint density at radius 3 is 2.52 bits per heavy atom. The number of sulfonamides is 1. The first-order chi connectivity index (χ1) is 14.9. The molecule has 3 rings (SSSR count). The highest BCUT2D eigenvalue weighted by molar-refractivity contribution is 7.89. The predicted molar refractivity (Wildman–Crippen MR) is 122 cm³/mol. The van der Waals surface area contributed by atoms with Gasteiger partial charge >= 0.3 is 0 Å². The minimum atomic E-state index is -3.57. The largest absolute Gasteiger partial charge is 0.494 e. The van der Waals surface area contributed by atoms with Crippen LogP contribution in [0.4, 0.5) is 0 Å². The van der Waals surface area contributed by atoms with Gasteiger partial charge in [-0.2, -0.15) is 4.31 Å². The third-order valence-corrected chi connectivity index (χ3v) is 7.53. The number of piperidine rings is 1. The fourth-order valence-electron chi connectivity index (χ4n) is 3.69. The summed E-state index contributed by atoms with van der Waals surface area (Å²) < 4.78 is 32.8. The number of amides is 1. The average Bonchev–Trinajstić information content (AvgIpc) is 2.78. The molecule has 31 heavy (non-hydrogen) atoms. The smallest absolute Gasteiger partial charge is 0.251 e. The van der Waals surface area contributed by atoms with E-state index in [1.54, 1.807) is 18.2 Å². The van der Waals surface area contributed by atoms with Crippen LogP contribution in [-0.2, 0) is 16.4 Å². The van der Waals surface area contributed by atoms with E-state index in [0.29, 0.717) is 37.7 Å². The van der Waals surface area contributed by atoms with Gasteiger partial charge in [0.15, 0.2) is 0 Å². The van der Waals surface area contributed by atoms with Gasteiger partial charge in [0.1, 0.15) is 5.75 Å². The molecule has 0 bridgehead atoms. The van der Waals surface area contributed by atoms with Crippen LogP contribution in [0.5, 0.6) is 5.75 Å². The number of aryl methyl sites for hydroxylation is 1. The first kappa shape index (κ1) is 23.3. The lowest BCUT2D eigenvalue weighted by Crippen LogP contribution is -2.38. The molecule has 0 aromatic heterocycles. The number of nitrogens with one attached hydrogen (secondary N) is 1. The molecule has 2 aromatic rings. The zero-order valence-electron chi connectivity index (χ0n) is 18.3. The van der Waals surface area contributed by atoms with Crippen molar-refractivity contribution < 1.29 is 17.9 Å². The summed E-state index contributed by atoms with van der Waals surface area (Å²) in [6.07, 6.45) is 3.37. The Balaban J connectivity index is 1.52. The molecule has 0 radical (unpaired) electrons. The zero-order valence-corrected chi connectivity index (χ0v) is 19.2. The molecule has 7 heteroatoms. The van der Waals surface area contributed by atoms with Crippen LogP contribution in [-0.4, -0.2) is 44.9 Å². The standard InChI is InChI=1S/C24H32N2O4S/c1-3-30-22-11-9-20(10-12-22)6-5-15-25-24(27)21-7-4-8-23(18-21)31(28,29)26-16-13-19(2)14-17-26/h4,7-12,18-19H,3,5-6,13-17H2,1-2H3,(H,25,27). The van der Waals surface area contributed by atoms with E-state index in [2.05, 4.69) is 12.2 Å². The van der Waals surface area contributed by atoms with E-state index < -0.39 is 10.0 Å². The molecule has 168 valence electrons. The molecule has 1 saturated heterocycles. The molecule has 0 saturated carbocycles. The molecule has 2 aromatic carbocycles. The van der Waals surface area contributed by atoms with Crippen molar-refractivity contribution in [2.45, 2.75) is 44.4 Å². The second-order valence-corrected chi connectivity index (χ2v) is 9.99. The maximum absolute atomic E-state index is 12.9. The van der Waals surface area contributed by atoms with Crippen molar-refractivity contribution in [3.8, 4) is 5.75 Å². The molecule has 1 aliphatic heterocycles. The Labute approximate surface area is 185 Å². The summed E-state index contributed by atoms with van der Waals surface area (Å²) in [6, 6.07) is 14.3. The number of carbonyl (C=O) groups is 1. The summed E-state index contributed by atoms with van der Waals surface area (Å²) in [6.45, 7) is 6.33. The van der Waals surface area contributed by atoms with Crippen molar-refractivity contribution >= 4 is 15.9 Å². The molecule has 0 atom stereocenters. The Bertz CT molecular complexity index is 965. The van der Waals surface area contributed by atoms with E-state index in [1.165, 1.54) is 15.9 Å². The SMILES string of the molecule is CCOc1ccc(CCCNC(=O)c2cccc(S(=O)(=O)N3CCC(C)CC3)c2)cc1. The van der Waals surface area contributed by atoms with Gasteiger partial charge < -0.3 is 10.1 Å². The fourth-order valence-corrected chi connectivity index (χ4v) is 5.20. The van der Waals surface area contributed by atoms with Gasteiger partial charge in [0, 0.05) is 25.2 Å². The van der Waals surface area contributed by atoms with Gasteiger partial charge in [0.25, 0.3) is 5.91 Å². The zero-order chi connectivity index (χ0) is 22.3. The van der Waals surface area contributed by atoms with Crippen LogP contribution >= 0.6 is 0 Å². The summed E-state index contributed by atoms with van der Waals surface area (Å²) in [5.74, 6) is 1.15. The van der Waals surface area contributed by atoms with Gasteiger partial charge in [-0.1, -0.05) is 25.1 Å². The summed E-state index contributed by atoms with van der Waals surface area (Å²) in [7, 11) is -3.57. The molecule has 1 fully saturated rings. The van der Waals surface area contributed by atoms with E-state index in [1.807, 2.05) is 31.2 Å². The molecule has 0 spiro atoms. The minimum absolute atomic E-state index is 0.184. The quantitative estimate of drug-likeness (QED) is 0.596. The Morgan fingerprint density at radius 1 is 1.13 bits per heavy atom. The van der Waals surface area contributed by atoms with E-state index in [9.17, 15) is 13.2 Å². The molecule has 0 unspecified atom stereocenters. The van der Waals surface area contributed by atoms with E-state index >= 15 is 0 Å². The van der Waals surface area contributed by atoms with Gasteiger partial charge in [-0.15, -0.1) is 0 Å². The van der Waals surface area contributed by atoms with Crippen LogP contribution in [0.15, 0.2) is 53.4 Å². The lowest BCUT2D eigenvalue weighted by molar-refractivity contribution is 0.0953. The fraction of sp³-hybridized carbons (Fsp3) is 0.458. The van der Waals surface area contributed by atoms with Crippen molar-refractivity contribution in [1.29, 1.82) is 0 Å². The molecular weight excluding hydrogens is 412 g/mol. The lowest BCUT2D eigenvalue weighted by Gasteiger charge is -2.29. The second-order valence-electron chi connectivity index (χ2n) is 8.05. The van der Waals surface area contributed by atoms with Crippen LogP contribution < -0.4 is 10.1 Å². The number of benzene rings is 2. The van der Waals surface area contributed by atoms with Gasteiger partial charge in [0.05, 0.1) is 11.5 Å². The Morgan fingerprint density at radius 2 is 1.84 bits per heavy atom. The van der Waals surface area contributed by atoms with Crippen molar-refractivity contribution in [2.75, 3.05) is 26.2 Å². The molecular formula is C24H32N2O4S. The number of hydrogen-bond donors (Lipinski definition) is 1. The first-order valence-electron chi connectivity index (χ1n) is 11.0. The highest BCUT2D eigenvalue weighted by atomic mass is 32.2. The third-order valence-electron chi connectivity index (χ3n) is 5.64. The average molecular weight is 445 g/mol. The maximum Gasteiger partial charge on any atom is 0.251 e. The summed E-state index contributed by atoms with van der Waals surface area (Å²) in [5, 5.41) is 2.89. The van der Waals surface area contributed by atoms with Crippen LogP contribution in [0.3, 0.4) is 0 Å². The number of rotatable bonds is 9. The second kappa shape index (κ2) is 10.8. The highest BCUT2D eigenvalue weighted by Gasteiger charge is 2.28. The molecule has 6 nitrogen and oxygen atoms in total. The normalized spacial score (nSPS) is 15.5. The predicted octanol–water partition coefficient (Wildman–Crippen LogP) is 3.87. The number of nitrogens with zero attached hydrogens (tertiary/aromatic N) is 1. The molecule has 1 amide bonds. The minimum Gasteiger partial charge on any atom is -0.494 e. The topological polar surface area (TPSA) is 75.7 Å². The monoisotopic (exact) mass is 444 g/mol. The molecule has 1 aliphatic rings. The van der Waals surface area contributed by atoms with Crippen molar-refractivity contribution in [2.24, 2.45) is 5.92 Å². The summed E-state index contributed by atoms with van der Waals surface area (Å²) in [5.41, 5.74) is 1.55. The van der Waals surface area contributed by atoms with Gasteiger partial charge in [-0.25, -0.2) is 8.42 Å². The number of carbonyl (C=O) groups excluding carboxylic acids is 1. The maximum atomic E-state index is 12.9. The van der Waals surface area contributed by atoms with Crippen LogP contribution in [0.1, 0.15) is 49.0 Å². The summed E-state index contributed by atoms with van der Waals surface area (Å²) in [4.78, 5) is 12.7. The van der Waals surface area contributed by atoms with Gasteiger partial charge in [-0.05, 0) is 74.4 Å². The molecule has 1 heterocycles. The van der Waals surface area contributed by atoms with Crippen molar-refractivity contribution in [3.63, 3.8) is 0 Å². The number of ether oxygens (including phenoxy) is 1. The third kappa shape index (κ3) is 6.31. The van der Waals surface area contributed by atoms with Crippen LogP contribution in [0.2, 0.25) is 0 Å². The van der Waals surface area contributed by atoms with Crippen LogP contribution in [0, 0.1) is 5.92 Å². The van der Waals surface area contributed by atoms with Crippen molar-refractivity contribution in [1.82, 2.24) is 9.62 Å². The molecule has 0 aliphatic carbocycles. The van der Waals surface area contributed by atoms with Crippen LogP contribution in [0.25, 0.3) is 0 Å². The van der Waals surface area contributed by atoms with Gasteiger partial charge in [0.2, 0.25) is 10.0 Å². The van der Waals surface area contributed by atoms with E-state index in [4.69, 9.17) is 4.74 Å². The van der Waals surface area contributed by atoms with Gasteiger partial charge in [-0.3, -0.25) is 4.79 Å². The first-order valence-corrected chi connectivity index (χ1v) is 12.4. The van der Waals surface area contributed by atoms with E-state index in [-0.39, 0.29) is 10.8 Å². The highest BCUT2D eigenvalue weighted by Crippen LogP contribution is 2.24.